The van der Waals surface area contributed by atoms with Crippen LogP contribution in [0.3, 0.4) is 0 Å². The second-order valence-corrected chi connectivity index (χ2v) is 3.04. The monoisotopic (exact) mass is 188 g/mol. The Morgan fingerprint density at radius 1 is 1.38 bits per heavy atom. The van der Waals surface area contributed by atoms with E-state index in [-0.39, 0.29) is 6.10 Å². The normalized spacial score (nSPS) is 33.3. The Morgan fingerprint density at radius 3 is 2.54 bits per heavy atom. The van der Waals surface area contributed by atoms with Gasteiger partial charge in [0.1, 0.15) is 6.10 Å². The standard InChI is InChI=1S/C8H16O3.C2H4/c1-2-3-7-8(10)6(9)4-5-11-7;1-2/h6-10H,2-5H2,1H3;1-2H2. The first-order chi connectivity index (χ1) is 6.25. The maximum atomic E-state index is 9.39. The largest absolute Gasteiger partial charge is 0.390 e. The van der Waals surface area contributed by atoms with E-state index in [1.165, 1.54) is 0 Å². The second kappa shape index (κ2) is 7.06. The van der Waals surface area contributed by atoms with Crippen molar-refractivity contribution in [2.75, 3.05) is 6.61 Å². The molecule has 1 fully saturated rings. The first-order valence-corrected chi connectivity index (χ1v) is 4.73. The molecular weight excluding hydrogens is 168 g/mol. The van der Waals surface area contributed by atoms with Gasteiger partial charge in [-0.1, -0.05) is 13.3 Å². The van der Waals surface area contributed by atoms with Crippen LogP contribution in [0, 0.1) is 0 Å². The van der Waals surface area contributed by atoms with E-state index in [9.17, 15) is 10.2 Å². The molecule has 1 heterocycles. The van der Waals surface area contributed by atoms with Crippen LogP contribution in [-0.4, -0.2) is 35.1 Å². The average molecular weight is 188 g/mol. The van der Waals surface area contributed by atoms with Gasteiger partial charge in [-0.05, 0) is 12.8 Å². The summed E-state index contributed by atoms with van der Waals surface area (Å²) in [5.41, 5.74) is 0. The lowest BCUT2D eigenvalue weighted by Gasteiger charge is -2.31. The Kier molecular flexibility index (Phi) is 6.86. The van der Waals surface area contributed by atoms with Gasteiger partial charge in [-0.2, -0.15) is 0 Å². The third kappa shape index (κ3) is 3.89. The van der Waals surface area contributed by atoms with Crippen molar-refractivity contribution >= 4 is 0 Å². The summed E-state index contributed by atoms with van der Waals surface area (Å²) in [6.45, 7) is 8.61. The van der Waals surface area contributed by atoms with Gasteiger partial charge in [-0.15, -0.1) is 13.2 Å². The van der Waals surface area contributed by atoms with E-state index in [4.69, 9.17) is 4.74 Å². The van der Waals surface area contributed by atoms with E-state index in [0.29, 0.717) is 13.0 Å². The summed E-state index contributed by atoms with van der Waals surface area (Å²) in [6, 6.07) is 0. The highest BCUT2D eigenvalue weighted by Gasteiger charge is 2.30. The number of aliphatic hydroxyl groups excluding tert-OH is 2. The molecule has 3 nitrogen and oxygen atoms in total. The zero-order valence-electron chi connectivity index (χ0n) is 8.28. The third-order valence-electron chi connectivity index (χ3n) is 2.09. The summed E-state index contributed by atoms with van der Waals surface area (Å²) < 4.78 is 5.29. The van der Waals surface area contributed by atoms with Crippen LogP contribution >= 0.6 is 0 Å². The van der Waals surface area contributed by atoms with Crippen LogP contribution < -0.4 is 0 Å². The van der Waals surface area contributed by atoms with Gasteiger partial charge in [-0.25, -0.2) is 0 Å². The van der Waals surface area contributed by atoms with Gasteiger partial charge in [0, 0.05) is 6.61 Å². The van der Waals surface area contributed by atoms with E-state index in [1.54, 1.807) is 0 Å². The molecule has 1 rings (SSSR count). The molecule has 3 unspecified atom stereocenters. The molecule has 0 aliphatic carbocycles. The zero-order chi connectivity index (χ0) is 10.3. The van der Waals surface area contributed by atoms with Gasteiger partial charge in [0.25, 0.3) is 0 Å². The smallest absolute Gasteiger partial charge is 0.106 e. The van der Waals surface area contributed by atoms with Crippen molar-refractivity contribution in [3.63, 3.8) is 0 Å². The Balaban J connectivity index is 0.000000671. The van der Waals surface area contributed by atoms with E-state index < -0.39 is 12.2 Å². The Morgan fingerprint density at radius 2 is 2.00 bits per heavy atom. The number of ether oxygens (including phenoxy) is 1. The summed E-state index contributed by atoms with van der Waals surface area (Å²) >= 11 is 0. The van der Waals surface area contributed by atoms with E-state index in [2.05, 4.69) is 13.2 Å². The highest BCUT2D eigenvalue weighted by molar-refractivity contribution is 4.80. The summed E-state index contributed by atoms with van der Waals surface area (Å²) in [7, 11) is 0. The fourth-order valence-corrected chi connectivity index (χ4v) is 1.40. The molecule has 0 radical (unpaired) electrons. The van der Waals surface area contributed by atoms with Crippen molar-refractivity contribution in [3.05, 3.63) is 13.2 Å². The predicted octanol–water partition coefficient (Wildman–Crippen LogP) is 1.10. The minimum Gasteiger partial charge on any atom is -0.390 e. The Labute approximate surface area is 80.0 Å². The van der Waals surface area contributed by atoms with E-state index >= 15 is 0 Å². The molecule has 1 aliphatic heterocycles. The number of aliphatic hydroxyl groups is 2. The van der Waals surface area contributed by atoms with Crippen molar-refractivity contribution in [2.24, 2.45) is 0 Å². The molecule has 0 aromatic carbocycles. The lowest BCUT2D eigenvalue weighted by molar-refractivity contribution is -0.136. The van der Waals surface area contributed by atoms with Gasteiger partial charge in [-0.3, -0.25) is 0 Å². The second-order valence-electron chi connectivity index (χ2n) is 3.04. The highest BCUT2D eigenvalue weighted by Crippen LogP contribution is 2.18. The third-order valence-corrected chi connectivity index (χ3v) is 2.09. The van der Waals surface area contributed by atoms with E-state index in [0.717, 1.165) is 12.8 Å². The number of hydrogen-bond acceptors (Lipinski definition) is 3. The Bertz CT molecular complexity index is 125. The molecule has 0 spiro atoms. The van der Waals surface area contributed by atoms with Gasteiger partial charge in [0.05, 0.1) is 12.2 Å². The molecule has 1 saturated heterocycles. The van der Waals surface area contributed by atoms with Gasteiger partial charge in [0.2, 0.25) is 0 Å². The van der Waals surface area contributed by atoms with Crippen molar-refractivity contribution in [3.8, 4) is 0 Å². The Hall–Kier alpha value is -0.380. The van der Waals surface area contributed by atoms with Crippen molar-refractivity contribution < 1.29 is 14.9 Å². The maximum absolute atomic E-state index is 9.39. The predicted molar refractivity (Wildman–Crippen MR) is 52.5 cm³/mol. The minimum absolute atomic E-state index is 0.149. The molecule has 3 heteroatoms. The maximum Gasteiger partial charge on any atom is 0.106 e. The minimum atomic E-state index is -0.677. The number of rotatable bonds is 2. The molecule has 3 atom stereocenters. The zero-order valence-corrected chi connectivity index (χ0v) is 8.28. The average Bonchev–Trinajstić information content (AvgIpc) is 2.17. The van der Waals surface area contributed by atoms with Crippen molar-refractivity contribution in [1.29, 1.82) is 0 Å². The van der Waals surface area contributed by atoms with Crippen molar-refractivity contribution in [1.82, 2.24) is 0 Å². The first-order valence-electron chi connectivity index (χ1n) is 4.73. The SMILES string of the molecule is C=C.CCCC1OCCC(O)C1O. The van der Waals surface area contributed by atoms with Crippen molar-refractivity contribution in [2.45, 2.75) is 44.5 Å². The first kappa shape index (κ1) is 12.6. The van der Waals surface area contributed by atoms with E-state index in [1.807, 2.05) is 6.92 Å². The van der Waals surface area contributed by atoms with Crippen LogP contribution in [0.2, 0.25) is 0 Å². The molecule has 78 valence electrons. The topological polar surface area (TPSA) is 49.7 Å². The summed E-state index contributed by atoms with van der Waals surface area (Å²) in [5.74, 6) is 0. The van der Waals surface area contributed by atoms with Crippen LogP contribution in [0.1, 0.15) is 26.2 Å². The van der Waals surface area contributed by atoms with Gasteiger partial charge in [0.15, 0.2) is 0 Å². The molecule has 0 saturated carbocycles. The molecule has 0 amide bonds. The highest BCUT2D eigenvalue weighted by atomic mass is 16.5. The number of hydrogen-bond donors (Lipinski definition) is 2. The molecule has 13 heavy (non-hydrogen) atoms. The lowest BCUT2D eigenvalue weighted by Crippen LogP contribution is -2.44. The molecular formula is C10H20O3. The fraction of sp³-hybridized carbons (Fsp3) is 0.800. The lowest BCUT2D eigenvalue weighted by atomic mass is 9.99. The van der Waals surface area contributed by atoms with Crippen LogP contribution in [0.15, 0.2) is 13.2 Å². The van der Waals surface area contributed by atoms with Crippen LogP contribution in [0.4, 0.5) is 0 Å². The van der Waals surface area contributed by atoms with Gasteiger partial charge < -0.3 is 14.9 Å². The molecule has 0 aromatic heterocycles. The molecule has 2 N–H and O–H groups in total. The fourth-order valence-electron chi connectivity index (χ4n) is 1.40. The molecule has 0 aromatic rings. The summed E-state index contributed by atoms with van der Waals surface area (Å²) in [4.78, 5) is 0. The van der Waals surface area contributed by atoms with Gasteiger partial charge >= 0.3 is 0 Å². The van der Waals surface area contributed by atoms with Crippen LogP contribution in [-0.2, 0) is 4.74 Å². The van der Waals surface area contributed by atoms with Crippen LogP contribution in [0.5, 0.6) is 0 Å². The quantitative estimate of drug-likeness (QED) is 0.638. The summed E-state index contributed by atoms with van der Waals surface area (Å²) in [5, 5.41) is 18.6. The summed E-state index contributed by atoms with van der Waals surface area (Å²) in [6.07, 6.45) is 0.960. The molecule has 0 bridgehead atoms. The molecule has 1 aliphatic rings. The van der Waals surface area contributed by atoms with Crippen LogP contribution in [0.25, 0.3) is 0 Å².